The number of rotatable bonds is 13. The molecule has 266 valence electrons. The Bertz CT molecular complexity index is 1320. The minimum Gasteiger partial charge on any atom is -0.496 e. The molecule has 9 atom stereocenters. The molecule has 5 rings (SSSR count). The lowest BCUT2D eigenvalue weighted by molar-refractivity contribution is -0.182. The quantitative estimate of drug-likeness (QED) is 0.195. The molecular formula is C40H61N3O5. The summed E-state index contributed by atoms with van der Waals surface area (Å²) in [5.41, 5.74) is 3.75. The lowest BCUT2D eigenvalue weighted by atomic mass is 9.64. The summed E-state index contributed by atoms with van der Waals surface area (Å²) in [5, 5.41) is 30.0. The van der Waals surface area contributed by atoms with Crippen molar-refractivity contribution in [3.05, 3.63) is 65.2 Å². The van der Waals surface area contributed by atoms with Crippen LogP contribution in [0, 0.1) is 23.2 Å². The Kier molecular flexibility index (Phi) is 12.6. The predicted molar refractivity (Wildman–Crippen MR) is 190 cm³/mol. The Labute approximate surface area is 288 Å². The summed E-state index contributed by atoms with van der Waals surface area (Å²) < 4.78 is 6.11. The molecule has 0 aromatic heterocycles. The Morgan fingerprint density at radius 1 is 1.10 bits per heavy atom. The highest BCUT2D eigenvalue weighted by Crippen LogP contribution is 2.44. The number of aryl methyl sites for hydroxylation is 1. The summed E-state index contributed by atoms with van der Waals surface area (Å²) >= 11 is 0. The number of ether oxygens (including phenoxy) is 1. The van der Waals surface area contributed by atoms with Crippen molar-refractivity contribution in [3.8, 4) is 5.75 Å². The zero-order valence-corrected chi connectivity index (χ0v) is 30.2. The smallest absolute Gasteiger partial charge is 0.240 e. The molecule has 1 heterocycles. The van der Waals surface area contributed by atoms with Gasteiger partial charge in [0.1, 0.15) is 17.9 Å². The van der Waals surface area contributed by atoms with E-state index in [0.717, 1.165) is 62.8 Å². The van der Waals surface area contributed by atoms with E-state index in [4.69, 9.17) is 9.57 Å². The largest absolute Gasteiger partial charge is 0.496 e. The van der Waals surface area contributed by atoms with Gasteiger partial charge in [0.15, 0.2) is 0 Å². The summed E-state index contributed by atoms with van der Waals surface area (Å²) in [6.45, 7) is 11.8. The van der Waals surface area contributed by atoms with Crippen LogP contribution in [0.1, 0.15) is 102 Å². The van der Waals surface area contributed by atoms with Crippen LogP contribution >= 0.6 is 0 Å². The Balaban J connectivity index is 1.29. The zero-order valence-electron chi connectivity index (χ0n) is 30.2. The summed E-state index contributed by atoms with van der Waals surface area (Å²) in [5.74, 6) is 1.31. The molecule has 4 N–H and O–H groups in total. The van der Waals surface area contributed by atoms with Crippen LogP contribution in [0.3, 0.4) is 0 Å². The second-order valence-corrected chi connectivity index (χ2v) is 15.7. The van der Waals surface area contributed by atoms with E-state index in [0.29, 0.717) is 30.3 Å². The fraction of sp³-hybridized carbons (Fsp3) is 0.675. The highest BCUT2D eigenvalue weighted by molar-refractivity contribution is 5.82. The average Bonchev–Trinajstić information content (AvgIpc) is 3.44. The van der Waals surface area contributed by atoms with Crippen LogP contribution in [0.25, 0.3) is 0 Å². The molecule has 2 aliphatic carbocycles. The monoisotopic (exact) mass is 663 g/mol. The minimum atomic E-state index is -0.836. The maximum atomic E-state index is 14.1. The highest BCUT2D eigenvalue weighted by Gasteiger charge is 2.50. The number of nitrogens with one attached hydrogen (secondary N) is 2. The molecule has 2 aromatic carbocycles. The van der Waals surface area contributed by atoms with Gasteiger partial charge in [0.2, 0.25) is 5.91 Å². The van der Waals surface area contributed by atoms with Gasteiger partial charge in [-0.2, -0.15) is 5.06 Å². The number of aliphatic hydroxyl groups is 2. The molecule has 0 spiro atoms. The van der Waals surface area contributed by atoms with Crippen molar-refractivity contribution in [2.45, 2.75) is 129 Å². The third kappa shape index (κ3) is 8.62. The van der Waals surface area contributed by atoms with Crippen molar-refractivity contribution in [2.24, 2.45) is 23.2 Å². The van der Waals surface area contributed by atoms with E-state index >= 15 is 0 Å². The van der Waals surface area contributed by atoms with Crippen molar-refractivity contribution in [1.82, 2.24) is 15.7 Å². The number of aliphatic hydroxyl groups excluding tert-OH is 2. The topological polar surface area (TPSA) is 103 Å². The van der Waals surface area contributed by atoms with Gasteiger partial charge >= 0.3 is 0 Å². The SMILES string of the molecule is COc1c(CN2O[C@@H](CO)[C@H]([C@H](C)O)[C@H]2C(=O)N[C@H]2C[C@@H](C)C(C)(C)C[C@@H]2C)cccc1C1CCCC(NCCCc2ccccc2)C1. The standard InChI is InChI=1S/C40H61N3O5/c1-26-23-40(4,5)27(2)21-34(26)42-39(46)37-36(28(3)45)35(25-44)48-43(37)24-31-17-11-19-33(38(31)47-6)30-16-10-18-32(22-30)41-20-12-15-29-13-8-7-9-14-29/h7-9,11,13-14,17,19,26-28,30,32,34-37,41,44-45H,10,12,15-16,18,20-25H2,1-6H3,(H,42,46)/t26-,27+,28-,30?,32?,34-,35-,36-,37-/m0/s1. The average molecular weight is 664 g/mol. The van der Waals surface area contributed by atoms with Crippen LogP contribution in [0.4, 0.5) is 0 Å². The maximum absolute atomic E-state index is 14.1. The minimum absolute atomic E-state index is 0.0502. The number of hydrogen-bond acceptors (Lipinski definition) is 7. The normalized spacial score (nSPS) is 31.3. The Morgan fingerprint density at radius 2 is 1.88 bits per heavy atom. The number of nitrogens with zero attached hydrogens (tertiary/aromatic N) is 1. The van der Waals surface area contributed by atoms with Gasteiger partial charge in [-0.25, -0.2) is 0 Å². The lowest BCUT2D eigenvalue weighted by Gasteiger charge is -2.45. The lowest BCUT2D eigenvalue weighted by Crippen LogP contribution is -2.55. The second kappa shape index (κ2) is 16.5. The fourth-order valence-corrected chi connectivity index (χ4v) is 8.82. The number of hydrogen-bond donors (Lipinski definition) is 4. The molecule has 1 saturated heterocycles. The number of methoxy groups -OCH3 is 1. The number of carbonyl (C=O) groups excluding carboxylic acids is 1. The predicted octanol–water partition coefficient (Wildman–Crippen LogP) is 5.99. The van der Waals surface area contributed by atoms with Crippen molar-refractivity contribution in [1.29, 1.82) is 0 Å². The highest BCUT2D eigenvalue weighted by atomic mass is 16.7. The molecule has 3 aliphatic rings. The van der Waals surface area contributed by atoms with Gasteiger partial charge in [0.25, 0.3) is 0 Å². The molecular weight excluding hydrogens is 602 g/mol. The molecule has 3 fully saturated rings. The Morgan fingerprint density at radius 3 is 2.58 bits per heavy atom. The van der Waals surface area contributed by atoms with Crippen LogP contribution in [-0.2, 0) is 22.6 Å². The van der Waals surface area contributed by atoms with Gasteiger partial charge in [0, 0.05) is 23.6 Å². The molecule has 48 heavy (non-hydrogen) atoms. The number of para-hydroxylation sites is 1. The molecule has 1 amide bonds. The number of hydroxylamine groups is 2. The van der Waals surface area contributed by atoms with Gasteiger partial charge in [-0.1, -0.05) is 82.6 Å². The number of carbonyl (C=O) groups is 1. The van der Waals surface area contributed by atoms with Crippen molar-refractivity contribution < 1.29 is 24.6 Å². The summed E-state index contributed by atoms with van der Waals surface area (Å²) in [7, 11) is 1.72. The first-order valence-electron chi connectivity index (χ1n) is 18.5. The maximum Gasteiger partial charge on any atom is 0.240 e. The first kappa shape index (κ1) is 36.8. The number of benzene rings is 2. The van der Waals surface area contributed by atoms with Gasteiger partial charge in [-0.15, -0.1) is 0 Å². The van der Waals surface area contributed by atoms with E-state index < -0.39 is 24.2 Å². The van der Waals surface area contributed by atoms with Crippen LogP contribution in [0.15, 0.2) is 48.5 Å². The van der Waals surface area contributed by atoms with Gasteiger partial charge < -0.3 is 25.6 Å². The summed E-state index contributed by atoms with van der Waals surface area (Å²) in [4.78, 5) is 20.4. The third-order valence-electron chi connectivity index (χ3n) is 11.9. The van der Waals surface area contributed by atoms with Gasteiger partial charge in [0.05, 0.1) is 26.4 Å². The van der Waals surface area contributed by atoms with Gasteiger partial charge in [-0.05, 0) is 92.7 Å². The van der Waals surface area contributed by atoms with Crippen LogP contribution in [0.5, 0.6) is 5.75 Å². The summed E-state index contributed by atoms with van der Waals surface area (Å²) in [6.07, 6.45) is 7.15. The molecule has 2 aromatic rings. The van der Waals surface area contributed by atoms with E-state index in [1.807, 2.05) is 6.07 Å². The van der Waals surface area contributed by atoms with Crippen LogP contribution < -0.4 is 15.4 Å². The number of amides is 1. The second-order valence-electron chi connectivity index (χ2n) is 15.7. The van der Waals surface area contributed by atoms with E-state index in [1.54, 1.807) is 19.1 Å². The van der Waals surface area contributed by atoms with Crippen molar-refractivity contribution >= 4 is 5.91 Å². The molecule has 8 nitrogen and oxygen atoms in total. The zero-order chi connectivity index (χ0) is 34.4. The van der Waals surface area contributed by atoms with E-state index in [2.05, 4.69) is 80.8 Å². The molecule has 0 bridgehead atoms. The van der Waals surface area contributed by atoms with Crippen LogP contribution in [-0.4, -0.2) is 71.8 Å². The third-order valence-corrected chi connectivity index (χ3v) is 11.9. The summed E-state index contributed by atoms with van der Waals surface area (Å²) in [6, 6.07) is 16.8. The fourth-order valence-electron chi connectivity index (χ4n) is 8.82. The van der Waals surface area contributed by atoms with Crippen molar-refractivity contribution in [2.75, 3.05) is 20.3 Å². The first-order chi connectivity index (χ1) is 23.0. The molecule has 2 saturated carbocycles. The van der Waals surface area contributed by atoms with E-state index in [-0.39, 0.29) is 24.0 Å². The molecule has 8 heteroatoms. The van der Waals surface area contributed by atoms with E-state index in [1.165, 1.54) is 17.5 Å². The molecule has 0 radical (unpaired) electrons. The molecule has 1 aliphatic heterocycles. The van der Waals surface area contributed by atoms with Gasteiger partial charge in [-0.3, -0.25) is 9.63 Å². The van der Waals surface area contributed by atoms with Crippen LogP contribution in [0.2, 0.25) is 0 Å². The Hall–Kier alpha value is -2.49. The molecule has 2 unspecified atom stereocenters. The van der Waals surface area contributed by atoms with Crippen molar-refractivity contribution in [3.63, 3.8) is 0 Å². The van der Waals surface area contributed by atoms with E-state index in [9.17, 15) is 15.0 Å². The first-order valence-corrected chi connectivity index (χ1v) is 18.5.